The topological polar surface area (TPSA) is 25.8 Å². The van der Waals surface area contributed by atoms with Gasteiger partial charge in [-0.3, -0.25) is 9.97 Å². The first kappa shape index (κ1) is 16.2. The van der Waals surface area contributed by atoms with Gasteiger partial charge in [0.15, 0.2) is 8.07 Å². The molecule has 0 unspecified atom stereocenters. The predicted octanol–water partition coefficient (Wildman–Crippen LogP) is 2.45. The maximum Gasteiger partial charge on any atom is 0.184 e. The minimum Gasteiger partial charge on any atom is -0.254 e. The second-order valence-electron chi connectivity index (χ2n) is 7.30. The van der Waals surface area contributed by atoms with E-state index >= 15 is 0 Å². The number of aromatic nitrogens is 2. The summed E-state index contributed by atoms with van der Waals surface area (Å²) in [5, 5.41) is 5.48. The molecule has 0 saturated carbocycles. The summed E-state index contributed by atoms with van der Waals surface area (Å²) in [6, 6.07) is 26.6. The molecule has 0 fully saturated rings. The van der Waals surface area contributed by atoms with Crippen LogP contribution in [0.5, 0.6) is 0 Å². The molecule has 0 saturated heterocycles. The standard InChI is InChI=1S/C24H20N2Si/c1-17-13-21-23(25-15-17)24-22(14-18(2)16-26-24)27(21,19-9-5-3-6-10-19)20-11-7-4-8-12-20/h3-16H,1-2H3. The highest BCUT2D eigenvalue weighted by Crippen LogP contribution is 2.26. The third-order valence-electron chi connectivity index (χ3n) is 5.49. The Morgan fingerprint density at radius 3 is 1.41 bits per heavy atom. The summed E-state index contributed by atoms with van der Waals surface area (Å²) in [5.41, 5.74) is 4.49. The maximum absolute atomic E-state index is 4.85. The van der Waals surface area contributed by atoms with Crippen molar-refractivity contribution in [2.24, 2.45) is 0 Å². The van der Waals surface area contributed by atoms with Gasteiger partial charge in [-0.15, -0.1) is 0 Å². The van der Waals surface area contributed by atoms with E-state index in [2.05, 4.69) is 86.6 Å². The zero-order valence-corrected chi connectivity index (χ0v) is 16.5. The average molecular weight is 365 g/mol. The van der Waals surface area contributed by atoms with E-state index in [9.17, 15) is 0 Å². The molecule has 130 valence electrons. The smallest absolute Gasteiger partial charge is 0.184 e. The van der Waals surface area contributed by atoms with Gasteiger partial charge in [0.2, 0.25) is 0 Å². The van der Waals surface area contributed by atoms with Crippen molar-refractivity contribution in [1.29, 1.82) is 0 Å². The maximum atomic E-state index is 4.85. The molecule has 2 nitrogen and oxygen atoms in total. The lowest BCUT2D eigenvalue weighted by Gasteiger charge is -2.31. The van der Waals surface area contributed by atoms with Crippen molar-refractivity contribution in [3.63, 3.8) is 0 Å². The van der Waals surface area contributed by atoms with Crippen molar-refractivity contribution in [3.05, 3.63) is 96.3 Å². The Balaban J connectivity index is 2.00. The molecular weight excluding hydrogens is 344 g/mol. The Hall–Kier alpha value is -3.04. The molecule has 0 radical (unpaired) electrons. The van der Waals surface area contributed by atoms with Gasteiger partial charge in [-0.2, -0.15) is 0 Å². The highest BCUT2D eigenvalue weighted by molar-refractivity contribution is 7.22. The van der Waals surface area contributed by atoms with Gasteiger partial charge in [0.05, 0.1) is 11.4 Å². The van der Waals surface area contributed by atoms with E-state index in [1.807, 2.05) is 12.4 Å². The molecule has 1 aliphatic rings. The van der Waals surface area contributed by atoms with Gasteiger partial charge in [0.1, 0.15) is 0 Å². The molecule has 4 aromatic rings. The first-order valence-electron chi connectivity index (χ1n) is 9.27. The van der Waals surface area contributed by atoms with Crippen LogP contribution in [-0.4, -0.2) is 18.0 Å². The molecule has 3 heteroatoms. The minimum absolute atomic E-state index is 1.05. The van der Waals surface area contributed by atoms with Crippen LogP contribution < -0.4 is 20.7 Å². The van der Waals surface area contributed by atoms with Gasteiger partial charge in [-0.05, 0) is 45.7 Å². The largest absolute Gasteiger partial charge is 0.254 e. The van der Waals surface area contributed by atoms with Crippen molar-refractivity contribution in [3.8, 4) is 11.4 Å². The normalized spacial score (nSPS) is 13.9. The van der Waals surface area contributed by atoms with Crippen LogP contribution in [0, 0.1) is 13.8 Å². The summed E-state index contributed by atoms with van der Waals surface area (Å²) in [6.45, 7) is 4.26. The molecule has 27 heavy (non-hydrogen) atoms. The molecule has 0 atom stereocenters. The zero-order chi connectivity index (χ0) is 18.4. The summed E-state index contributed by atoms with van der Waals surface area (Å²) in [4.78, 5) is 9.70. The Labute approximate surface area is 160 Å². The molecule has 5 rings (SSSR count). The quantitative estimate of drug-likeness (QED) is 0.450. The number of aryl methyl sites for hydroxylation is 2. The molecule has 2 aromatic heterocycles. The third kappa shape index (κ3) is 2.25. The second-order valence-corrected chi connectivity index (χ2v) is 11.0. The van der Waals surface area contributed by atoms with Crippen molar-refractivity contribution in [1.82, 2.24) is 9.97 Å². The lowest BCUT2D eigenvalue weighted by molar-refractivity contribution is 1.23. The summed E-state index contributed by atoms with van der Waals surface area (Å²) in [6.07, 6.45) is 3.93. The van der Waals surface area contributed by atoms with Gasteiger partial charge in [0, 0.05) is 12.4 Å². The van der Waals surface area contributed by atoms with Gasteiger partial charge in [-0.1, -0.05) is 72.8 Å². The molecule has 0 amide bonds. The number of pyridine rings is 2. The first-order valence-corrected chi connectivity index (χ1v) is 11.3. The molecule has 0 spiro atoms. The van der Waals surface area contributed by atoms with Crippen LogP contribution in [0.1, 0.15) is 11.1 Å². The van der Waals surface area contributed by atoms with Gasteiger partial charge < -0.3 is 0 Å². The van der Waals surface area contributed by atoms with E-state index in [1.54, 1.807) is 0 Å². The molecule has 0 N–H and O–H groups in total. The number of benzene rings is 2. The second kappa shape index (κ2) is 6.00. The van der Waals surface area contributed by atoms with Crippen LogP contribution in [0.3, 0.4) is 0 Å². The van der Waals surface area contributed by atoms with Crippen LogP contribution >= 0.6 is 0 Å². The van der Waals surface area contributed by atoms with Crippen LogP contribution in [0.2, 0.25) is 0 Å². The van der Waals surface area contributed by atoms with E-state index in [0.29, 0.717) is 0 Å². The van der Waals surface area contributed by atoms with E-state index in [1.165, 1.54) is 31.9 Å². The Bertz CT molecular complexity index is 1040. The minimum atomic E-state index is -2.41. The molecule has 0 bridgehead atoms. The average Bonchev–Trinajstić information content (AvgIpc) is 2.99. The Morgan fingerprint density at radius 2 is 1.00 bits per heavy atom. The van der Waals surface area contributed by atoms with Crippen LogP contribution in [0.15, 0.2) is 85.2 Å². The lowest BCUT2D eigenvalue weighted by atomic mass is 10.2. The summed E-state index contributed by atoms with van der Waals surface area (Å²) >= 11 is 0. The van der Waals surface area contributed by atoms with Crippen molar-refractivity contribution < 1.29 is 0 Å². The van der Waals surface area contributed by atoms with Crippen molar-refractivity contribution in [2.45, 2.75) is 13.8 Å². The molecule has 2 aromatic carbocycles. The zero-order valence-electron chi connectivity index (χ0n) is 15.5. The first-order chi connectivity index (χ1) is 13.2. The monoisotopic (exact) mass is 364 g/mol. The molecular formula is C24H20N2Si. The van der Waals surface area contributed by atoms with Gasteiger partial charge in [-0.25, -0.2) is 0 Å². The highest BCUT2D eigenvalue weighted by Gasteiger charge is 2.50. The van der Waals surface area contributed by atoms with Crippen LogP contribution in [-0.2, 0) is 0 Å². The van der Waals surface area contributed by atoms with Crippen LogP contribution in [0.4, 0.5) is 0 Å². The Kier molecular flexibility index (Phi) is 3.59. The number of nitrogens with zero attached hydrogens (tertiary/aromatic N) is 2. The fourth-order valence-electron chi connectivity index (χ4n) is 4.40. The lowest BCUT2D eigenvalue weighted by Crippen LogP contribution is -2.73. The number of rotatable bonds is 2. The third-order valence-corrected chi connectivity index (χ3v) is 10.3. The van der Waals surface area contributed by atoms with Crippen molar-refractivity contribution >= 4 is 28.8 Å². The summed E-state index contributed by atoms with van der Waals surface area (Å²) in [5.74, 6) is 0. The molecule has 0 aliphatic carbocycles. The molecule has 3 heterocycles. The highest BCUT2D eigenvalue weighted by atomic mass is 28.3. The van der Waals surface area contributed by atoms with Crippen molar-refractivity contribution in [2.75, 3.05) is 0 Å². The number of fused-ring (bicyclic) bond motifs is 3. The van der Waals surface area contributed by atoms with Crippen LogP contribution in [0.25, 0.3) is 11.4 Å². The van der Waals surface area contributed by atoms with Gasteiger partial charge >= 0.3 is 0 Å². The SMILES string of the molecule is Cc1cnc2c(c1)[Si](c1ccccc1)(c1ccccc1)c1cc(C)cnc1-2. The predicted molar refractivity (Wildman–Crippen MR) is 114 cm³/mol. The van der Waals surface area contributed by atoms with Gasteiger partial charge in [0.25, 0.3) is 0 Å². The summed E-state index contributed by atoms with van der Waals surface area (Å²) < 4.78 is 0. The fourth-order valence-corrected chi connectivity index (χ4v) is 9.61. The molecule has 1 aliphatic heterocycles. The Morgan fingerprint density at radius 1 is 0.593 bits per heavy atom. The number of hydrogen-bond donors (Lipinski definition) is 0. The van der Waals surface area contributed by atoms with E-state index < -0.39 is 8.07 Å². The van der Waals surface area contributed by atoms with E-state index in [0.717, 1.165) is 11.4 Å². The van der Waals surface area contributed by atoms with E-state index in [4.69, 9.17) is 9.97 Å². The van der Waals surface area contributed by atoms with E-state index in [-0.39, 0.29) is 0 Å². The number of hydrogen-bond acceptors (Lipinski definition) is 2. The summed E-state index contributed by atoms with van der Waals surface area (Å²) in [7, 11) is -2.41. The fraction of sp³-hybridized carbons (Fsp3) is 0.0833.